The van der Waals surface area contributed by atoms with E-state index in [1.165, 1.54) is 89.9 Å². The average molecular weight is 1210 g/mol. The normalized spacial score (nSPS) is 13.7. The molecule has 0 aliphatic heterocycles. The second-order valence-corrected chi connectivity index (χ2v) is 23.7. The van der Waals surface area contributed by atoms with Gasteiger partial charge in [0.1, 0.15) is 13.2 Å². The molecule has 2 atom stereocenters. The van der Waals surface area contributed by atoms with Crippen LogP contribution < -0.4 is 0 Å². The lowest BCUT2D eigenvalue weighted by Crippen LogP contribution is -2.40. The Morgan fingerprint density at radius 2 is 0.655 bits per heavy atom. The van der Waals surface area contributed by atoms with Gasteiger partial charge >= 0.3 is 17.9 Å². The molecule has 0 amide bonds. The number of carboxylic acids is 1. The predicted molar refractivity (Wildman–Crippen MR) is 373 cm³/mol. The number of quaternary nitrogens is 1. The van der Waals surface area contributed by atoms with Gasteiger partial charge < -0.3 is 28.5 Å². The quantitative estimate of drug-likeness (QED) is 0.0211. The first-order valence-electron chi connectivity index (χ1n) is 34.6. The van der Waals surface area contributed by atoms with Gasteiger partial charge in [0.2, 0.25) is 0 Å². The molecule has 0 aromatic rings. The maximum Gasteiger partial charge on any atom is 0.361 e. The van der Waals surface area contributed by atoms with Crippen LogP contribution in [0.2, 0.25) is 0 Å². The second-order valence-electron chi connectivity index (χ2n) is 23.7. The molecule has 0 radical (unpaired) electrons. The number of esters is 2. The van der Waals surface area contributed by atoms with Crippen LogP contribution in [0.1, 0.15) is 258 Å². The van der Waals surface area contributed by atoms with E-state index in [1.807, 2.05) is 21.1 Å². The van der Waals surface area contributed by atoms with E-state index in [1.54, 1.807) is 0 Å². The van der Waals surface area contributed by atoms with E-state index in [-0.39, 0.29) is 38.6 Å². The Labute approximate surface area is 534 Å². The van der Waals surface area contributed by atoms with E-state index in [0.29, 0.717) is 17.4 Å². The Balaban J connectivity index is 4.18. The summed E-state index contributed by atoms with van der Waals surface area (Å²) in [5, 5.41) is 9.74. The number of allylic oxidation sites excluding steroid dienone is 26. The van der Waals surface area contributed by atoms with E-state index in [2.05, 4.69) is 172 Å². The zero-order valence-electron chi connectivity index (χ0n) is 56.1. The third kappa shape index (κ3) is 68.3. The second kappa shape index (κ2) is 66.9. The van der Waals surface area contributed by atoms with Gasteiger partial charge in [-0.2, -0.15) is 0 Å². The molecule has 0 aliphatic carbocycles. The molecule has 0 bridgehead atoms. The van der Waals surface area contributed by atoms with Crippen molar-refractivity contribution in [2.24, 2.45) is 0 Å². The van der Waals surface area contributed by atoms with Crippen molar-refractivity contribution in [2.45, 2.75) is 270 Å². The zero-order chi connectivity index (χ0) is 63.3. The van der Waals surface area contributed by atoms with Crippen molar-refractivity contribution in [3.8, 4) is 0 Å². The predicted octanol–water partition coefficient (Wildman–Crippen LogP) is 21.7. The van der Waals surface area contributed by atoms with Crippen LogP contribution in [0.15, 0.2) is 158 Å². The molecule has 492 valence electrons. The lowest BCUT2D eigenvalue weighted by molar-refractivity contribution is -0.870. The smallest absolute Gasteiger partial charge is 0.361 e. The number of rotatable bonds is 62. The Bertz CT molecular complexity index is 1990. The molecule has 0 saturated carbocycles. The van der Waals surface area contributed by atoms with Gasteiger partial charge in [-0.25, -0.2) is 4.79 Å². The molecule has 0 saturated heterocycles. The Hall–Kier alpha value is -5.09. The minimum atomic E-state index is -1.52. The number of likely N-dealkylation sites (N-methyl/N-ethyl adjacent to an activating group) is 1. The van der Waals surface area contributed by atoms with Crippen molar-refractivity contribution in [1.29, 1.82) is 0 Å². The summed E-state index contributed by atoms with van der Waals surface area (Å²) in [5.41, 5.74) is 0. The van der Waals surface area contributed by atoms with Crippen LogP contribution in [-0.4, -0.2) is 87.4 Å². The Morgan fingerprint density at radius 1 is 0.356 bits per heavy atom. The molecule has 0 aromatic heterocycles. The first-order valence-corrected chi connectivity index (χ1v) is 34.6. The number of hydrogen-bond acceptors (Lipinski definition) is 7. The monoisotopic (exact) mass is 1210 g/mol. The number of carbonyl (C=O) groups excluding carboxylic acids is 2. The van der Waals surface area contributed by atoms with Gasteiger partial charge in [-0.1, -0.05) is 275 Å². The molecule has 0 rings (SSSR count). The molecule has 87 heavy (non-hydrogen) atoms. The van der Waals surface area contributed by atoms with Gasteiger partial charge in [-0.3, -0.25) is 9.59 Å². The highest BCUT2D eigenvalue weighted by Gasteiger charge is 2.25. The van der Waals surface area contributed by atoms with E-state index in [4.69, 9.17) is 18.9 Å². The SMILES string of the molecule is CC/C=C\C/C=C\C/C=C\C/C=C\C/C=C\C/C=C\C/C=C\C/C=C\C/C=C\C/C=C\CCCCCCCCCCCCC(=O)OC(COC(=O)CCCCCCCC/C=C\C/C=C\C/C=C\CCCCCCC)COC(OCC[N+](C)(C)C)C(=O)O. The summed E-state index contributed by atoms with van der Waals surface area (Å²) in [7, 11) is 5.96. The fraction of sp³-hybridized carbons (Fsp3) is 0.628. The van der Waals surface area contributed by atoms with Crippen molar-refractivity contribution in [1.82, 2.24) is 0 Å². The standard InChI is InChI=1S/C78H127NO8/c1-6-8-10-12-14-16-18-20-22-24-26-28-29-30-31-32-33-34-35-36-37-38-39-40-41-42-43-44-45-46-47-49-51-53-55-57-59-61-63-65-67-69-76(81)87-74(73-86-78(77(82)83)84-71-70-79(3,4)5)72-85-75(80)68-66-64-62-60-58-56-54-52-50-48-27-25-23-21-19-17-15-13-11-9-7-2/h8,10,14,16,19-22,25-28,30-31,33-34,36-37,39-40,42-43,45-46,50,52,74,78H,6-7,9,11-13,15,17-18,23-24,29,32,35,38,41,44,47-49,51,53-73H2,1-5H3/p+1/b10-8-,16-14-,21-19-,22-20-,27-25-,28-26-,31-30-,34-33-,37-36-,40-39-,43-42-,46-45-,52-50-. The summed E-state index contributed by atoms with van der Waals surface area (Å²) in [5.74, 6) is -2.04. The van der Waals surface area contributed by atoms with E-state index in [9.17, 15) is 19.5 Å². The van der Waals surface area contributed by atoms with Crippen LogP contribution in [0.3, 0.4) is 0 Å². The largest absolute Gasteiger partial charge is 0.477 e. The van der Waals surface area contributed by atoms with Crippen molar-refractivity contribution in [3.05, 3.63) is 158 Å². The lowest BCUT2D eigenvalue weighted by Gasteiger charge is -2.25. The summed E-state index contributed by atoms with van der Waals surface area (Å²) in [6.07, 6.45) is 96.3. The third-order valence-electron chi connectivity index (χ3n) is 14.3. The summed E-state index contributed by atoms with van der Waals surface area (Å²) in [4.78, 5) is 37.6. The molecule has 0 spiro atoms. The van der Waals surface area contributed by atoms with Crippen LogP contribution >= 0.6 is 0 Å². The number of unbranched alkanes of at least 4 members (excludes halogenated alkanes) is 21. The van der Waals surface area contributed by atoms with Crippen molar-refractivity contribution in [3.63, 3.8) is 0 Å². The van der Waals surface area contributed by atoms with E-state index >= 15 is 0 Å². The summed E-state index contributed by atoms with van der Waals surface area (Å²) >= 11 is 0. The zero-order valence-corrected chi connectivity index (χ0v) is 56.1. The third-order valence-corrected chi connectivity index (χ3v) is 14.3. The van der Waals surface area contributed by atoms with Gasteiger partial charge in [0, 0.05) is 12.8 Å². The number of carboxylic acid groups (broad SMARTS) is 1. The minimum absolute atomic E-state index is 0.177. The van der Waals surface area contributed by atoms with E-state index < -0.39 is 24.3 Å². The number of nitrogens with zero attached hydrogens (tertiary/aromatic N) is 1. The highest BCUT2D eigenvalue weighted by molar-refractivity contribution is 5.71. The van der Waals surface area contributed by atoms with Crippen LogP contribution in [0, 0.1) is 0 Å². The topological polar surface area (TPSA) is 108 Å². The van der Waals surface area contributed by atoms with Gasteiger partial charge in [0.05, 0.1) is 34.4 Å². The maximum absolute atomic E-state index is 12.9. The number of carbonyl (C=O) groups is 3. The number of hydrogen-bond donors (Lipinski definition) is 1. The Kier molecular flexibility index (Phi) is 62.9. The van der Waals surface area contributed by atoms with Gasteiger partial charge in [0.25, 0.3) is 6.29 Å². The van der Waals surface area contributed by atoms with Crippen LogP contribution in [0.5, 0.6) is 0 Å². The average Bonchev–Trinajstić information content (AvgIpc) is 3.59. The molecule has 0 aromatic carbocycles. The molecule has 2 unspecified atom stereocenters. The molecule has 9 nitrogen and oxygen atoms in total. The molecule has 0 fully saturated rings. The van der Waals surface area contributed by atoms with Crippen LogP contribution in [-0.2, 0) is 33.3 Å². The molecular weight excluding hydrogens is 1080 g/mol. The van der Waals surface area contributed by atoms with Crippen LogP contribution in [0.4, 0.5) is 0 Å². The lowest BCUT2D eigenvalue weighted by atomic mass is 10.0. The highest BCUT2D eigenvalue weighted by atomic mass is 16.7. The summed E-state index contributed by atoms with van der Waals surface area (Å²) in [6, 6.07) is 0. The fourth-order valence-electron chi connectivity index (χ4n) is 8.99. The summed E-state index contributed by atoms with van der Waals surface area (Å²) in [6.45, 7) is 4.72. The van der Waals surface area contributed by atoms with Crippen LogP contribution in [0.25, 0.3) is 0 Å². The van der Waals surface area contributed by atoms with Crippen molar-refractivity contribution >= 4 is 17.9 Å². The van der Waals surface area contributed by atoms with Crippen molar-refractivity contribution in [2.75, 3.05) is 47.5 Å². The van der Waals surface area contributed by atoms with E-state index in [0.717, 1.165) is 135 Å². The molecule has 0 heterocycles. The number of aliphatic carboxylic acids is 1. The molecule has 1 N–H and O–H groups in total. The minimum Gasteiger partial charge on any atom is -0.477 e. The summed E-state index contributed by atoms with van der Waals surface area (Å²) < 4.78 is 22.9. The maximum atomic E-state index is 12.9. The Morgan fingerprint density at radius 3 is 0.977 bits per heavy atom. The molecule has 0 aliphatic rings. The highest BCUT2D eigenvalue weighted by Crippen LogP contribution is 2.15. The van der Waals surface area contributed by atoms with Gasteiger partial charge in [-0.15, -0.1) is 0 Å². The molecular formula is C78H128NO8+. The van der Waals surface area contributed by atoms with Gasteiger partial charge in [0.15, 0.2) is 6.10 Å². The van der Waals surface area contributed by atoms with Gasteiger partial charge in [-0.05, 0) is 128 Å². The first kappa shape index (κ1) is 81.9. The fourth-order valence-corrected chi connectivity index (χ4v) is 8.99. The van der Waals surface area contributed by atoms with Crippen molar-refractivity contribution < 1.29 is 42.9 Å². The first-order chi connectivity index (χ1) is 42.6. The number of ether oxygens (including phenoxy) is 4. The molecule has 9 heteroatoms.